The monoisotopic (exact) mass is 353 g/mol. The number of rotatable bonds is 0. The Labute approximate surface area is 154 Å². The first-order chi connectivity index (χ1) is 12.5. The number of carbonyl (C=O) groups excluding carboxylic acids is 1. The van der Waals surface area contributed by atoms with Crippen LogP contribution in [0, 0.1) is 29.1 Å². The molecule has 4 aliphatic carbocycles. The lowest BCUT2D eigenvalue weighted by Crippen LogP contribution is -2.52. The SMILES string of the molecule is C=C1CC2C(CC[C@@]3(C)C2CC[C@@]32C=CC(=O)O2)[C@H]2CC/C(=N\O)C=C12. The molecule has 1 spiro atoms. The molecule has 138 valence electrons. The molecule has 26 heavy (non-hydrogen) atoms. The molecule has 6 atom stereocenters. The first-order valence-electron chi connectivity index (χ1n) is 10.0. The Balaban J connectivity index is 1.49. The van der Waals surface area contributed by atoms with Gasteiger partial charge in [-0.15, -0.1) is 0 Å². The molecule has 1 heterocycles. The molecule has 0 amide bonds. The second-order valence-electron chi connectivity index (χ2n) is 9.22. The summed E-state index contributed by atoms with van der Waals surface area (Å²) in [5, 5.41) is 12.6. The second kappa shape index (κ2) is 5.34. The minimum Gasteiger partial charge on any atom is -0.451 e. The molecule has 3 unspecified atom stereocenters. The maximum absolute atomic E-state index is 11.8. The van der Waals surface area contributed by atoms with Crippen molar-refractivity contribution in [2.45, 2.75) is 57.5 Å². The van der Waals surface area contributed by atoms with E-state index in [1.54, 1.807) is 6.08 Å². The highest BCUT2D eigenvalue weighted by molar-refractivity contribution is 5.96. The lowest BCUT2D eigenvalue weighted by Gasteiger charge is -2.55. The maximum Gasteiger partial charge on any atom is 0.331 e. The van der Waals surface area contributed by atoms with Crippen LogP contribution in [0.2, 0.25) is 0 Å². The van der Waals surface area contributed by atoms with E-state index in [1.807, 2.05) is 0 Å². The summed E-state index contributed by atoms with van der Waals surface area (Å²) in [5.41, 5.74) is 3.01. The van der Waals surface area contributed by atoms with E-state index in [9.17, 15) is 4.79 Å². The highest BCUT2D eigenvalue weighted by Gasteiger charge is 2.64. The number of hydrogen-bond donors (Lipinski definition) is 1. The highest BCUT2D eigenvalue weighted by atomic mass is 16.6. The molecule has 5 rings (SSSR count). The van der Waals surface area contributed by atoms with Gasteiger partial charge in [0.1, 0.15) is 5.60 Å². The molecule has 0 bridgehead atoms. The van der Waals surface area contributed by atoms with Crippen molar-refractivity contribution >= 4 is 11.7 Å². The van der Waals surface area contributed by atoms with E-state index in [0.29, 0.717) is 23.7 Å². The van der Waals surface area contributed by atoms with Crippen molar-refractivity contribution in [1.82, 2.24) is 0 Å². The van der Waals surface area contributed by atoms with Gasteiger partial charge in [-0.25, -0.2) is 4.79 Å². The largest absolute Gasteiger partial charge is 0.451 e. The molecular weight excluding hydrogens is 326 g/mol. The van der Waals surface area contributed by atoms with Gasteiger partial charge in [-0.2, -0.15) is 0 Å². The molecule has 0 aromatic heterocycles. The van der Waals surface area contributed by atoms with Gasteiger partial charge >= 0.3 is 5.97 Å². The fraction of sp³-hybridized carbons (Fsp3) is 0.636. The molecule has 0 aromatic carbocycles. The zero-order chi connectivity index (χ0) is 18.1. The fourth-order valence-electron chi connectivity index (χ4n) is 7.14. The molecule has 0 radical (unpaired) electrons. The zero-order valence-corrected chi connectivity index (χ0v) is 15.4. The minimum atomic E-state index is -0.375. The Hall–Kier alpha value is -1.84. The Morgan fingerprint density at radius 1 is 1.27 bits per heavy atom. The van der Waals surface area contributed by atoms with Crippen LogP contribution in [-0.2, 0) is 9.53 Å². The van der Waals surface area contributed by atoms with Crippen LogP contribution < -0.4 is 0 Å². The van der Waals surface area contributed by atoms with Gasteiger partial charge in [-0.05, 0) is 86.3 Å². The normalized spacial score (nSPS) is 48.2. The van der Waals surface area contributed by atoms with E-state index < -0.39 is 0 Å². The fourth-order valence-corrected chi connectivity index (χ4v) is 7.14. The number of ether oxygens (including phenoxy) is 1. The predicted molar refractivity (Wildman–Crippen MR) is 98.8 cm³/mol. The van der Waals surface area contributed by atoms with Crippen LogP contribution in [0.1, 0.15) is 51.9 Å². The molecular formula is C22H27NO3. The third-order valence-corrected chi connectivity index (χ3v) is 8.42. The van der Waals surface area contributed by atoms with E-state index in [1.165, 1.54) is 17.6 Å². The second-order valence-corrected chi connectivity index (χ2v) is 9.22. The van der Waals surface area contributed by atoms with E-state index in [2.05, 4.69) is 30.8 Å². The van der Waals surface area contributed by atoms with Gasteiger partial charge < -0.3 is 9.94 Å². The minimum absolute atomic E-state index is 0.0463. The Morgan fingerprint density at radius 2 is 2.12 bits per heavy atom. The summed E-state index contributed by atoms with van der Waals surface area (Å²) < 4.78 is 5.90. The van der Waals surface area contributed by atoms with Gasteiger partial charge in [0.15, 0.2) is 0 Å². The van der Waals surface area contributed by atoms with Crippen LogP contribution in [-0.4, -0.2) is 22.5 Å². The predicted octanol–water partition coefficient (Wildman–Crippen LogP) is 4.41. The number of carbonyl (C=O) groups is 1. The Bertz CT molecular complexity index is 778. The molecule has 0 saturated heterocycles. The van der Waals surface area contributed by atoms with Crippen molar-refractivity contribution in [3.05, 3.63) is 36.0 Å². The molecule has 3 fully saturated rings. The number of esters is 1. The van der Waals surface area contributed by atoms with Crippen LogP contribution >= 0.6 is 0 Å². The summed E-state index contributed by atoms with van der Waals surface area (Å²) in [4.78, 5) is 11.8. The lowest BCUT2D eigenvalue weighted by atomic mass is 9.50. The molecule has 1 aliphatic heterocycles. The standard InChI is InChI=1S/C22H27NO3/c1-13-11-18-16(15-4-3-14(23-25)12-17(13)15)5-8-21(2)19(18)6-9-22(21)10-7-20(24)26-22/h7,10,12,15-16,18-19,25H,1,3-6,8-9,11H2,2H3/b23-14+/t15-,16?,18?,19?,21+,22-/m1/s1. The van der Waals surface area contributed by atoms with Crippen molar-refractivity contribution in [1.29, 1.82) is 0 Å². The van der Waals surface area contributed by atoms with Crippen LogP contribution in [0.4, 0.5) is 0 Å². The van der Waals surface area contributed by atoms with Gasteiger partial charge in [0.05, 0.1) is 5.71 Å². The quantitative estimate of drug-likeness (QED) is 0.399. The van der Waals surface area contributed by atoms with Gasteiger partial charge in [0, 0.05) is 11.5 Å². The summed E-state index contributed by atoms with van der Waals surface area (Å²) in [6.07, 6.45) is 13.1. The number of hydrogen-bond acceptors (Lipinski definition) is 4. The number of oxime groups is 1. The number of nitrogens with zero attached hydrogens (tertiary/aromatic N) is 1. The Kier molecular flexibility index (Phi) is 3.35. The van der Waals surface area contributed by atoms with E-state index in [4.69, 9.17) is 9.94 Å². The van der Waals surface area contributed by atoms with Crippen molar-refractivity contribution in [3.8, 4) is 0 Å². The van der Waals surface area contributed by atoms with Gasteiger partial charge in [-0.1, -0.05) is 24.2 Å². The van der Waals surface area contributed by atoms with Crippen LogP contribution in [0.5, 0.6) is 0 Å². The van der Waals surface area contributed by atoms with Gasteiger partial charge in [-0.3, -0.25) is 0 Å². The van der Waals surface area contributed by atoms with Crippen molar-refractivity contribution < 1.29 is 14.7 Å². The van der Waals surface area contributed by atoms with E-state index in [0.717, 1.165) is 44.2 Å². The summed E-state index contributed by atoms with van der Waals surface area (Å²) in [6, 6.07) is 0. The number of fused-ring (bicyclic) bond motifs is 6. The molecule has 0 aromatic rings. The van der Waals surface area contributed by atoms with Crippen molar-refractivity contribution in [2.24, 2.45) is 34.2 Å². The lowest BCUT2D eigenvalue weighted by molar-refractivity contribution is -0.160. The van der Waals surface area contributed by atoms with Crippen molar-refractivity contribution in [3.63, 3.8) is 0 Å². The zero-order valence-electron chi connectivity index (χ0n) is 15.4. The Morgan fingerprint density at radius 3 is 2.85 bits per heavy atom. The molecule has 5 aliphatic rings. The third kappa shape index (κ3) is 1.96. The average molecular weight is 353 g/mol. The molecule has 1 N–H and O–H groups in total. The van der Waals surface area contributed by atoms with E-state index >= 15 is 0 Å². The maximum atomic E-state index is 11.8. The van der Waals surface area contributed by atoms with Gasteiger partial charge in [0.2, 0.25) is 0 Å². The summed E-state index contributed by atoms with van der Waals surface area (Å²) in [6.45, 7) is 6.75. The first-order valence-corrected chi connectivity index (χ1v) is 10.0. The summed E-state index contributed by atoms with van der Waals surface area (Å²) in [7, 11) is 0. The topological polar surface area (TPSA) is 58.9 Å². The number of allylic oxidation sites excluding steroid dienone is 3. The average Bonchev–Trinajstić information content (AvgIpc) is 3.16. The molecule has 4 nitrogen and oxygen atoms in total. The molecule has 3 saturated carbocycles. The van der Waals surface area contributed by atoms with E-state index in [-0.39, 0.29) is 17.0 Å². The van der Waals surface area contributed by atoms with Crippen molar-refractivity contribution in [2.75, 3.05) is 0 Å². The highest BCUT2D eigenvalue weighted by Crippen LogP contribution is 2.67. The van der Waals surface area contributed by atoms with Crippen LogP contribution in [0.15, 0.2) is 41.1 Å². The third-order valence-electron chi connectivity index (χ3n) is 8.42. The van der Waals surface area contributed by atoms with Crippen LogP contribution in [0.3, 0.4) is 0 Å². The molecule has 4 heteroatoms. The summed E-state index contributed by atoms with van der Waals surface area (Å²) in [5.74, 6) is 2.28. The first kappa shape index (κ1) is 16.3. The van der Waals surface area contributed by atoms with Crippen LogP contribution in [0.25, 0.3) is 0 Å². The smallest absolute Gasteiger partial charge is 0.331 e. The summed E-state index contributed by atoms with van der Waals surface area (Å²) >= 11 is 0. The van der Waals surface area contributed by atoms with Gasteiger partial charge in [0.25, 0.3) is 0 Å².